The first-order valence-electron chi connectivity index (χ1n) is 8.49. The molecule has 2 aliphatic carbocycles. The van der Waals surface area contributed by atoms with Gasteiger partial charge < -0.3 is 0 Å². The minimum absolute atomic E-state index is 0.951. The van der Waals surface area contributed by atoms with Gasteiger partial charge in [-0.1, -0.05) is 69.4 Å². The molecule has 0 radical (unpaired) electrons. The molecule has 18 heavy (non-hydrogen) atoms. The average molecular weight is 248 g/mol. The van der Waals surface area contributed by atoms with E-state index in [9.17, 15) is 0 Å². The molecule has 104 valence electrons. The Morgan fingerprint density at radius 1 is 0.833 bits per heavy atom. The zero-order valence-corrected chi connectivity index (χ0v) is 12.6. The Bertz CT molecular complexity index is 262. The van der Waals surface area contributed by atoms with Crippen molar-refractivity contribution in [2.45, 2.75) is 90.9 Å². The van der Waals surface area contributed by atoms with Crippen LogP contribution < -0.4 is 0 Å². The Morgan fingerprint density at radius 3 is 1.94 bits per heavy atom. The summed E-state index contributed by atoms with van der Waals surface area (Å²) in [5.74, 6) is 1.97. The van der Waals surface area contributed by atoms with Crippen molar-refractivity contribution >= 4 is 0 Å². The Morgan fingerprint density at radius 2 is 1.39 bits per heavy atom. The van der Waals surface area contributed by atoms with Gasteiger partial charge in [0.15, 0.2) is 0 Å². The van der Waals surface area contributed by atoms with Gasteiger partial charge in [0.05, 0.1) is 0 Å². The van der Waals surface area contributed by atoms with Crippen molar-refractivity contribution < 1.29 is 0 Å². The summed E-state index contributed by atoms with van der Waals surface area (Å²) in [6, 6.07) is 0. The van der Waals surface area contributed by atoms with E-state index in [2.05, 4.69) is 13.8 Å². The van der Waals surface area contributed by atoms with Crippen LogP contribution in [0.25, 0.3) is 0 Å². The quantitative estimate of drug-likeness (QED) is 0.515. The molecule has 0 heteroatoms. The van der Waals surface area contributed by atoms with E-state index < -0.39 is 0 Å². The second kappa shape index (κ2) is 7.36. The van der Waals surface area contributed by atoms with Crippen LogP contribution in [0, 0.1) is 11.8 Å². The van der Waals surface area contributed by atoms with Crippen molar-refractivity contribution in [2.24, 2.45) is 11.8 Å². The minimum atomic E-state index is 0.951. The van der Waals surface area contributed by atoms with Gasteiger partial charge in [0.2, 0.25) is 0 Å². The second-order valence-corrected chi connectivity index (χ2v) is 6.70. The van der Waals surface area contributed by atoms with Crippen LogP contribution in [0.4, 0.5) is 0 Å². The molecule has 2 saturated carbocycles. The molecule has 0 aromatic carbocycles. The van der Waals surface area contributed by atoms with E-state index in [1.54, 1.807) is 5.57 Å². The Hall–Kier alpha value is -0.260. The molecule has 0 spiro atoms. The van der Waals surface area contributed by atoms with Crippen LogP contribution >= 0.6 is 0 Å². The fourth-order valence-electron chi connectivity index (χ4n) is 4.35. The first-order chi connectivity index (χ1) is 8.81. The highest BCUT2D eigenvalue weighted by Gasteiger charge is 2.20. The maximum Gasteiger partial charge on any atom is -0.0201 e. The number of hydrogen-bond donors (Lipinski definition) is 0. The van der Waals surface area contributed by atoms with Crippen LogP contribution in [-0.4, -0.2) is 0 Å². The average Bonchev–Trinajstić information content (AvgIpc) is 2.42. The monoisotopic (exact) mass is 248 g/mol. The van der Waals surface area contributed by atoms with Gasteiger partial charge in [-0.3, -0.25) is 0 Å². The molecule has 2 rings (SSSR count). The highest BCUT2D eigenvalue weighted by atomic mass is 14.3. The standard InChI is InChI=1S/C18H32/c1-3-18(17-12-8-5-9-13-17)15(2)14-16-10-6-4-7-11-16/h16-17H,3-14H2,1-2H3/b18-15+. The van der Waals surface area contributed by atoms with E-state index in [1.165, 1.54) is 77.0 Å². The number of hydrogen-bond acceptors (Lipinski definition) is 0. The molecule has 0 aromatic rings. The summed E-state index contributed by atoms with van der Waals surface area (Å²) in [6.45, 7) is 4.83. The Balaban J connectivity index is 1.95. The molecule has 0 atom stereocenters. The van der Waals surface area contributed by atoms with E-state index in [-0.39, 0.29) is 0 Å². The summed E-state index contributed by atoms with van der Waals surface area (Å²) in [5, 5.41) is 0. The zero-order valence-electron chi connectivity index (χ0n) is 12.6. The molecule has 0 bridgehead atoms. The summed E-state index contributed by atoms with van der Waals surface area (Å²) in [6.07, 6.45) is 17.6. The maximum atomic E-state index is 2.45. The lowest BCUT2D eigenvalue weighted by Crippen LogP contribution is -2.13. The van der Waals surface area contributed by atoms with Crippen LogP contribution in [0.1, 0.15) is 90.9 Å². The normalized spacial score (nSPS) is 25.0. The Labute approximate surface area is 114 Å². The SMILES string of the molecule is CC/C(=C(/C)CC1CCCCC1)C1CCCCC1. The van der Waals surface area contributed by atoms with Gasteiger partial charge in [0.1, 0.15) is 0 Å². The third-order valence-corrected chi connectivity index (χ3v) is 5.35. The molecule has 0 unspecified atom stereocenters. The molecular formula is C18H32. The van der Waals surface area contributed by atoms with Crippen molar-refractivity contribution in [2.75, 3.05) is 0 Å². The topological polar surface area (TPSA) is 0 Å². The highest BCUT2D eigenvalue weighted by Crippen LogP contribution is 2.36. The maximum absolute atomic E-state index is 2.45. The molecule has 2 aliphatic rings. The number of allylic oxidation sites excluding steroid dienone is 2. The first kappa shape index (κ1) is 14.2. The molecule has 0 amide bonds. The van der Waals surface area contributed by atoms with Crippen molar-refractivity contribution in [1.82, 2.24) is 0 Å². The fourth-order valence-corrected chi connectivity index (χ4v) is 4.35. The van der Waals surface area contributed by atoms with Crippen molar-refractivity contribution in [3.63, 3.8) is 0 Å². The van der Waals surface area contributed by atoms with Gasteiger partial charge in [-0.05, 0) is 44.4 Å². The summed E-state index contributed by atoms with van der Waals surface area (Å²) in [5.41, 5.74) is 3.62. The molecular weight excluding hydrogens is 216 g/mol. The molecule has 0 N–H and O–H groups in total. The predicted molar refractivity (Wildman–Crippen MR) is 80.8 cm³/mol. The van der Waals surface area contributed by atoms with Crippen molar-refractivity contribution in [3.05, 3.63) is 11.1 Å². The van der Waals surface area contributed by atoms with Crippen LogP contribution in [0.2, 0.25) is 0 Å². The minimum Gasteiger partial charge on any atom is -0.0736 e. The van der Waals surface area contributed by atoms with E-state index >= 15 is 0 Å². The summed E-state index contributed by atoms with van der Waals surface area (Å²) in [4.78, 5) is 0. The highest BCUT2D eigenvalue weighted by molar-refractivity contribution is 5.16. The summed E-state index contributed by atoms with van der Waals surface area (Å²) < 4.78 is 0. The summed E-state index contributed by atoms with van der Waals surface area (Å²) >= 11 is 0. The molecule has 2 fully saturated rings. The molecule has 0 aliphatic heterocycles. The van der Waals surface area contributed by atoms with Crippen LogP contribution in [0.5, 0.6) is 0 Å². The van der Waals surface area contributed by atoms with Crippen molar-refractivity contribution in [3.8, 4) is 0 Å². The Kier molecular flexibility index (Phi) is 5.79. The van der Waals surface area contributed by atoms with Crippen LogP contribution in [0.15, 0.2) is 11.1 Å². The predicted octanol–water partition coefficient (Wildman–Crippen LogP) is 6.26. The van der Waals surface area contributed by atoms with Gasteiger partial charge in [-0.2, -0.15) is 0 Å². The molecule has 0 nitrogen and oxygen atoms in total. The lowest BCUT2D eigenvalue weighted by molar-refractivity contribution is 0.349. The van der Waals surface area contributed by atoms with Gasteiger partial charge in [0, 0.05) is 0 Å². The van der Waals surface area contributed by atoms with Gasteiger partial charge in [0.25, 0.3) is 0 Å². The van der Waals surface area contributed by atoms with Gasteiger partial charge >= 0.3 is 0 Å². The lowest BCUT2D eigenvalue weighted by atomic mass is 9.78. The third kappa shape index (κ3) is 3.87. The van der Waals surface area contributed by atoms with E-state index in [0.29, 0.717) is 0 Å². The largest absolute Gasteiger partial charge is 0.0736 e. The second-order valence-electron chi connectivity index (χ2n) is 6.70. The molecule has 0 heterocycles. The van der Waals surface area contributed by atoms with E-state index in [4.69, 9.17) is 0 Å². The number of rotatable bonds is 4. The van der Waals surface area contributed by atoms with Crippen LogP contribution in [-0.2, 0) is 0 Å². The molecule has 0 saturated heterocycles. The smallest absolute Gasteiger partial charge is 0.0201 e. The van der Waals surface area contributed by atoms with Gasteiger partial charge in [-0.25, -0.2) is 0 Å². The van der Waals surface area contributed by atoms with E-state index in [0.717, 1.165) is 11.8 Å². The van der Waals surface area contributed by atoms with Gasteiger partial charge in [-0.15, -0.1) is 0 Å². The zero-order chi connectivity index (χ0) is 12.8. The lowest BCUT2D eigenvalue weighted by Gasteiger charge is -2.28. The summed E-state index contributed by atoms with van der Waals surface area (Å²) in [7, 11) is 0. The molecule has 0 aromatic heterocycles. The van der Waals surface area contributed by atoms with Crippen LogP contribution in [0.3, 0.4) is 0 Å². The van der Waals surface area contributed by atoms with Crippen molar-refractivity contribution in [1.29, 1.82) is 0 Å². The third-order valence-electron chi connectivity index (χ3n) is 5.35. The first-order valence-corrected chi connectivity index (χ1v) is 8.49. The fraction of sp³-hybridized carbons (Fsp3) is 0.889. The van der Waals surface area contributed by atoms with E-state index in [1.807, 2.05) is 5.57 Å².